The number of aromatic amines is 1. The van der Waals surface area contributed by atoms with Crippen molar-refractivity contribution in [3.63, 3.8) is 0 Å². The van der Waals surface area contributed by atoms with Gasteiger partial charge in [-0.15, -0.1) is 23.7 Å². The van der Waals surface area contributed by atoms with Gasteiger partial charge < -0.3 is 15.0 Å². The average Bonchev–Trinajstić information content (AvgIpc) is 3.29. The van der Waals surface area contributed by atoms with Crippen LogP contribution in [0.4, 0.5) is 0 Å². The van der Waals surface area contributed by atoms with Crippen molar-refractivity contribution in [3.05, 3.63) is 63.3 Å². The number of nitrogens with one attached hydrogen (secondary N) is 1. The third-order valence-electron chi connectivity index (χ3n) is 5.71. The maximum absolute atomic E-state index is 12.3. The molecule has 0 saturated carbocycles. The lowest BCUT2D eigenvalue weighted by Gasteiger charge is -2.17. The Hall–Kier alpha value is -2.34. The lowest BCUT2D eigenvalue weighted by Crippen LogP contribution is -2.27. The second-order valence-electron chi connectivity index (χ2n) is 7.51. The van der Waals surface area contributed by atoms with Gasteiger partial charge in [0.1, 0.15) is 10.4 Å². The number of benzene rings is 2. The predicted molar refractivity (Wildman–Crippen MR) is 119 cm³/mol. The van der Waals surface area contributed by atoms with Crippen LogP contribution in [0.25, 0.3) is 32.1 Å². The first-order valence-corrected chi connectivity index (χ1v) is 9.94. The smallest absolute Gasteiger partial charge is 0.266 e. The van der Waals surface area contributed by atoms with E-state index in [-0.39, 0.29) is 23.7 Å². The fourth-order valence-corrected chi connectivity index (χ4v) is 5.04. The quantitative estimate of drug-likeness (QED) is 0.507. The fourth-order valence-electron chi connectivity index (χ4n) is 4.24. The Morgan fingerprint density at radius 3 is 2.68 bits per heavy atom. The maximum atomic E-state index is 12.3. The number of hydrogen-bond acceptors (Lipinski definition) is 4. The summed E-state index contributed by atoms with van der Waals surface area (Å²) >= 11 is 1.43. The number of rotatable bonds is 2. The Kier molecular flexibility index (Phi) is 4.70. The Morgan fingerprint density at radius 1 is 1.11 bits per heavy atom. The normalized spacial score (nSPS) is 15.9. The van der Waals surface area contributed by atoms with E-state index in [9.17, 15) is 9.90 Å². The number of aromatic nitrogens is 1. The third-order valence-corrected chi connectivity index (χ3v) is 6.62. The number of thiophene rings is 1. The molecule has 1 unspecified atom stereocenters. The number of aromatic hydroxyl groups is 1. The number of phenolic OH excluding ortho intramolecular Hbond substituents is 1. The van der Waals surface area contributed by atoms with Crippen LogP contribution in [0.1, 0.15) is 11.1 Å². The van der Waals surface area contributed by atoms with E-state index in [0.717, 1.165) is 40.3 Å². The number of likely N-dealkylation sites (N-methyl/N-ethyl adjacent to an activating group) is 1. The molecule has 0 fully saturated rings. The zero-order chi connectivity index (χ0) is 18.7. The molecule has 28 heavy (non-hydrogen) atoms. The highest BCUT2D eigenvalue weighted by Gasteiger charge is 2.24. The molecule has 144 valence electrons. The van der Waals surface area contributed by atoms with Gasteiger partial charge in [-0.2, -0.15) is 0 Å². The molecule has 2 aromatic heterocycles. The van der Waals surface area contributed by atoms with E-state index in [4.69, 9.17) is 0 Å². The van der Waals surface area contributed by atoms with Gasteiger partial charge in [0.05, 0.1) is 0 Å². The first-order chi connectivity index (χ1) is 13.0. The highest BCUT2D eigenvalue weighted by molar-refractivity contribution is 7.17. The summed E-state index contributed by atoms with van der Waals surface area (Å²) in [6, 6.07) is 12.4. The Morgan fingerprint density at radius 2 is 1.89 bits per heavy atom. The van der Waals surface area contributed by atoms with Gasteiger partial charge in [0, 0.05) is 27.9 Å². The number of nitrogens with zero attached hydrogens (tertiary/aromatic N) is 1. The van der Waals surface area contributed by atoms with Gasteiger partial charge in [-0.05, 0) is 67.2 Å². The summed E-state index contributed by atoms with van der Waals surface area (Å²) in [4.78, 5) is 17.6. The van der Waals surface area contributed by atoms with Crippen LogP contribution in [0.5, 0.6) is 5.75 Å². The van der Waals surface area contributed by atoms with Crippen LogP contribution in [0.15, 0.2) is 46.6 Å². The molecule has 0 spiro atoms. The van der Waals surface area contributed by atoms with Crippen molar-refractivity contribution in [3.8, 4) is 16.9 Å². The van der Waals surface area contributed by atoms with E-state index in [2.05, 4.69) is 42.2 Å². The van der Waals surface area contributed by atoms with E-state index in [1.165, 1.54) is 22.5 Å². The van der Waals surface area contributed by atoms with Crippen molar-refractivity contribution in [2.24, 2.45) is 0 Å². The van der Waals surface area contributed by atoms with E-state index in [1.807, 2.05) is 11.4 Å². The zero-order valence-electron chi connectivity index (χ0n) is 15.7. The van der Waals surface area contributed by atoms with Crippen LogP contribution >= 0.6 is 23.7 Å². The molecule has 2 heterocycles. The second-order valence-corrected chi connectivity index (χ2v) is 8.43. The van der Waals surface area contributed by atoms with Crippen molar-refractivity contribution in [2.75, 3.05) is 14.1 Å². The van der Waals surface area contributed by atoms with Crippen LogP contribution < -0.4 is 5.56 Å². The molecule has 5 rings (SSSR count). The molecule has 1 aliphatic rings. The minimum atomic E-state index is -0.0769. The van der Waals surface area contributed by atoms with Crippen molar-refractivity contribution in [2.45, 2.75) is 18.9 Å². The molecule has 2 N–H and O–H groups in total. The molecule has 6 heteroatoms. The second kappa shape index (κ2) is 6.92. The van der Waals surface area contributed by atoms with Crippen LogP contribution in [-0.2, 0) is 12.8 Å². The first kappa shape index (κ1) is 19.0. The van der Waals surface area contributed by atoms with Crippen LogP contribution in [0, 0.1) is 0 Å². The number of halogens is 1. The SMILES string of the molecule is CN(C)C1Cc2ccc(-c3c(O)ccc4[nH]c(=O)c5sccc5c34)cc2C1.Cl. The molecule has 1 aliphatic carbocycles. The number of phenols is 1. The molecule has 0 aliphatic heterocycles. The molecule has 1 atom stereocenters. The van der Waals surface area contributed by atoms with Gasteiger partial charge in [0.15, 0.2) is 0 Å². The van der Waals surface area contributed by atoms with Gasteiger partial charge in [-0.1, -0.05) is 18.2 Å². The molecule has 0 radical (unpaired) electrons. The number of pyridine rings is 1. The molecule has 4 nitrogen and oxygen atoms in total. The topological polar surface area (TPSA) is 56.3 Å². The summed E-state index contributed by atoms with van der Waals surface area (Å²) in [6.45, 7) is 0. The van der Waals surface area contributed by atoms with Crippen LogP contribution in [0.3, 0.4) is 0 Å². The monoisotopic (exact) mass is 412 g/mol. The number of H-pyrrole nitrogens is 1. The minimum absolute atomic E-state index is 0. The number of hydrogen-bond donors (Lipinski definition) is 2. The van der Waals surface area contributed by atoms with E-state index < -0.39 is 0 Å². The van der Waals surface area contributed by atoms with Gasteiger partial charge in [-0.3, -0.25) is 4.79 Å². The average molecular weight is 413 g/mol. The molecule has 0 bridgehead atoms. The summed E-state index contributed by atoms with van der Waals surface area (Å²) in [5.41, 5.74) is 5.19. The highest BCUT2D eigenvalue weighted by Crippen LogP contribution is 2.41. The van der Waals surface area contributed by atoms with Gasteiger partial charge in [0.2, 0.25) is 0 Å². The van der Waals surface area contributed by atoms with E-state index in [0.29, 0.717) is 10.7 Å². The van der Waals surface area contributed by atoms with Crippen LogP contribution in [0.2, 0.25) is 0 Å². The molecule has 4 aromatic rings. The van der Waals surface area contributed by atoms with Crippen molar-refractivity contribution >= 4 is 44.7 Å². The lowest BCUT2D eigenvalue weighted by atomic mass is 9.95. The summed E-state index contributed by atoms with van der Waals surface area (Å²) in [5.74, 6) is 0.240. The summed E-state index contributed by atoms with van der Waals surface area (Å²) in [5, 5.41) is 14.5. The van der Waals surface area contributed by atoms with Crippen molar-refractivity contribution < 1.29 is 5.11 Å². The summed E-state index contributed by atoms with van der Waals surface area (Å²) in [6.07, 6.45) is 2.08. The molecule has 0 saturated heterocycles. The van der Waals surface area contributed by atoms with Gasteiger partial charge >= 0.3 is 0 Å². The van der Waals surface area contributed by atoms with Crippen molar-refractivity contribution in [1.82, 2.24) is 9.88 Å². The largest absolute Gasteiger partial charge is 0.507 e. The summed E-state index contributed by atoms with van der Waals surface area (Å²) in [7, 11) is 4.25. The predicted octanol–water partition coefficient (Wildman–Crippen LogP) is 4.57. The summed E-state index contributed by atoms with van der Waals surface area (Å²) < 4.78 is 0.697. The minimum Gasteiger partial charge on any atom is -0.507 e. The van der Waals surface area contributed by atoms with Gasteiger partial charge in [0.25, 0.3) is 5.56 Å². The standard InChI is InChI=1S/C22H20N2O2S.ClH/c1-24(2)15-10-12-3-4-13(9-14(12)11-15)19-18(25)6-5-17-20(19)16-7-8-27-21(16)22(26)23-17;/h3-9,15,25H,10-11H2,1-2H3,(H,23,26);1H. The van der Waals surface area contributed by atoms with E-state index >= 15 is 0 Å². The Labute approximate surface area is 172 Å². The number of fused-ring (bicyclic) bond motifs is 4. The van der Waals surface area contributed by atoms with Gasteiger partial charge in [-0.25, -0.2) is 0 Å². The zero-order valence-corrected chi connectivity index (χ0v) is 17.3. The van der Waals surface area contributed by atoms with E-state index in [1.54, 1.807) is 12.1 Å². The molecular weight excluding hydrogens is 392 g/mol. The molecule has 2 aromatic carbocycles. The fraction of sp³-hybridized carbons (Fsp3) is 0.227. The van der Waals surface area contributed by atoms with Crippen molar-refractivity contribution in [1.29, 1.82) is 0 Å². The van der Waals surface area contributed by atoms with Crippen LogP contribution in [-0.4, -0.2) is 35.1 Å². The highest BCUT2D eigenvalue weighted by atomic mass is 35.5. The molecule has 0 amide bonds. The first-order valence-electron chi connectivity index (χ1n) is 9.06. The molecular formula is C22H21ClN2O2S. The Bertz CT molecular complexity index is 1260. The Balaban J connectivity index is 0.00000192. The lowest BCUT2D eigenvalue weighted by molar-refractivity contribution is 0.303. The maximum Gasteiger partial charge on any atom is 0.266 e. The third kappa shape index (κ3) is 2.82.